The maximum absolute atomic E-state index is 13.2. The molecule has 0 amide bonds. The van der Waals surface area contributed by atoms with E-state index in [-0.39, 0.29) is 0 Å². The Hall–Kier alpha value is -1.53. The number of aliphatic hydroxyl groups is 1. The van der Waals surface area contributed by atoms with Crippen LogP contribution in [0, 0.1) is 0 Å². The molecule has 1 N–H and O–H groups in total. The zero-order valence-corrected chi connectivity index (χ0v) is 9.99. The maximum Gasteiger partial charge on any atom is 0.372 e. The molecule has 0 heterocycles. The Morgan fingerprint density at radius 3 is 2.28 bits per heavy atom. The van der Waals surface area contributed by atoms with Gasteiger partial charge in [0.15, 0.2) is 0 Å². The number of fused-ring (bicyclic) bond motifs is 1. The Labute approximate surface area is 103 Å². The van der Waals surface area contributed by atoms with Crippen LogP contribution in [0.15, 0.2) is 47.4 Å². The van der Waals surface area contributed by atoms with E-state index in [1.165, 1.54) is 12.1 Å². The lowest BCUT2D eigenvalue weighted by molar-refractivity contribution is 0.0262. The fraction of sp³-hybridized carbons (Fsp3) is 0.167. The van der Waals surface area contributed by atoms with Crippen molar-refractivity contribution in [1.29, 1.82) is 0 Å². The van der Waals surface area contributed by atoms with Gasteiger partial charge < -0.3 is 5.11 Å². The van der Waals surface area contributed by atoms with E-state index < -0.39 is 26.6 Å². The fourth-order valence-corrected chi connectivity index (χ4v) is 2.64. The van der Waals surface area contributed by atoms with Crippen LogP contribution in [0.5, 0.6) is 0 Å². The molecule has 18 heavy (non-hydrogen) atoms. The Morgan fingerprint density at radius 1 is 1.06 bits per heavy atom. The second kappa shape index (κ2) is 4.29. The van der Waals surface area contributed by atoms with Gasteiger partial charge in [0.1, 0.15) is 6.61 Å². The number of alkyl halides is 2. The predicted molar refractivity (Wildman–Crippen MR) is 63.2 cm³/mol. The number of rotatable bonds is 3. The van der Waals surface area contributed by atoms with Crippen LogP contribution in [0.1, 0.15) is 0 Å². The van der Waals surface area contributed by atoms with Crippen molar-refractivity contribution in [3.8, 4) is 0 Å². The Bertz CT molecular complexity index is 681. The van der Waals surface area contributed by atoms with Gasteiger partial charge in [-0.05, 0) is 22.9 Å². The van der Waals surface area contributed by atoms with Crippen molar-refractivity contribution in [2.45, 2.75) is 10.2 Å². The molecule has 0 fully saturated rings. The molecule has 6 heteroatoms. The maximum atomic E-state index is 13.2. The SMILES string of the molecule is O=S(=O)(c1ccc2ccccc2c1)C(F)(F)CO. The second-order valence-corrected chi connectivity index (χ2v) is 5.88. The van der Waals surface area contributed by atoms with Crippen molar-refractivity contribution in [2.24, 2.45) is 0 Å². The van der Waals surface area contributed by atoms with Crippen LogP contribution in [0.4, 0.5) is 8.78 Å². The number of aliphatic hydroxyl groups excluding tert-OH is 1. The summed E-state index contributed by atoms with van der Waals surface area (Å²) in [6, 6.07) is 10.6. The molecule has 2 aromatic carbocycles. The van der Waals surface area contributed by atoms with E-state index in [2.05, 4.69) is 0 Å². The standard InChI is InChI=1S/C12H10F2O3S/c13-12(14,8-15)18(16,17)11-6-5-9-3-1-2-4-10(9)7-11/h1-7,15H,8H2. The van der Waals surface area contributed by atoms with Gasteiger partial charge in [0.25, 0.3) is 0 Å². The molecule has 0 saturated heterocycles. The monoisotopic (exact) mass is 272 g/mol. The normalized spacial score (nSPS) is 12.8. The van der Waals surface area contributed by atoms with Crippen LogP contribution >= 0.6 is 0 Å². The summed E-state index contributed by atoms with van der Waals surface area (Å²) in [5, 5.41) is 5.61. The van der Waals surface area contributed by atoms with E-state index in [1.807, 2.05) is 0 Å². The summed E-state index contributed by atoms with van der Waals surface area (Å²) in [7, 11) is -4.86. The molecule has 96 valence electrons. The molecule has 3 nitrogen and oxygen atoms in total. The molecule has 0 spiro atoms. The van der Waals surface area contributed by atoms with Crippen LogP contribution in [0.25, 0.3) is 10.8 Å². The molecule has 0 aromatic heterocycles. The summed E-state index contributed by atoms with van der Waals surface area (Å²) in [5.41, 5.74) is 0. The lowest BCUT2D eigenvalue weighted by Gasteiger charge is -2.14. The Morgan fingerprint density at radius 2 is 1.67 bits per heavy atom. The largest absolute Gasteiger partial charge is 0.389 e. The quantitative estimate of drug-likeness (QED) is 0.932. The van der Waals surface area contributed by atoms with E-state index in [4.69, 9.17) is 5.11 Å². The van der Waals surface area contributed by atoms with Crippen molar-refractivity contribution in [3.63, 3.8) is 0 Å². The number of hydrogen-bond donors (Lipinski definition) is 1. The van der Waals surface area contributed by atoms with Crippen molar-refractivity contribution in [2.75, 3.05) is 6.61 Å². The van der Waals surface area contributed by atoms with Gasteiger partial charge in [0.05, 0.1) is 4.90 Å². The van der Waals surface area contributed by atoms with Crippen molar-refractivity contribution in [3.05, 3.63) is 42.5 Å². The molecular formula is C12H10F2O3S. The predicted octanol–water partition coefficient (Wildman–Crippen LogP) is 2.20. The first kappa shape index (κ1) is 12.9. The molecule has 2 rings (SSSR count). The zero-order chi connectivity index (χ0) is 13.4. The zero-order valence-electron chi connectivity index (χ0n) is 9.18. The third kappa shape index (κ3) is 1.97. The first-order valence-corrected chi connectivity index (χ1v) is 6.59. The van der Waals surface area contributed by atoms with Crippen LogP contribution < -0.4 is 0 Å². The molecule has 2 aromatic rings. The third-order valence-corrected chi connectivity index (χ3v) is 4.40. The highest BCUT2D eigenvalue weighted by molar-refractivity contribution is 7.92. The van der Waals surface area contributed by atoms with Gasteiger partial charge in [-0.2, -0.15) is 8.78 Å². The van der Waals surface area contributed by atoms with Crippen LogP contribution in [-0.4, -0.2) is 25.4 Å². The molecule has 0 atom stereocenters. The summed E-state index contributed by atoms with van der Waals surface area (Å²) < 4.78 is 49.6. The first-order valence-electron chi connectivity index (χ1n) is 5.10. The summed E-state index contributed by atoms with van der Waals surface area (Å²) >= 11 is 0. The third-order valence-electron chi connectivity index (χ3n) is 2.61. The Balaban J connectivity index is 2.62. The Kier molecular flexibility index (Phi) is 3.08. The average Bonchev–Trinajstić information content (AvgIpc) is 2.37. The molecule has 0 unspecified atom stereocenters. The fourth-order valence-electron chi connectivity index (χ4n) is 1.59. The van der Waals surface area contributed by atoms with Gasteiger partial charge in [-0.15, -0.1) is 0 Å². The molecule has 0 aliphatic heterocycles. The van der Waals surface area contributed by atoms with Crippen molar-refractivity contribution >= 4 is 20.6 Å². The topological polar surface area (TPSA) is 54.4 Å². The highest BCUT2D eigenvalue weighted by Crippen LogP contribution is 2.30. The highest BCUT2D eigenvalue weighted by atomic mass is 32.2. The van der Waals surface area contributed by atoms with Crippen LogP contribution in [-0.2, 0) is 9.84 Å². The van der Waals surface area contributed by atoms with Crippen molar-refractivity contribution in [1.82, 2.24) is 0 Å². The van der Waals surface area contributed by atoms with Crippen molar-refractivity contribution < 1.29 is 22.3 Å². The van der Waals surface area contributed by atoms with Gasteiger partial charge in [-0.25, -0.2) is 8.42 Å². The van der Waals surface area contributed by atoms with Gasteiger partial charge in [0.2, 0.25) is 9.84 Å². The number of benzene rings is 2. The smallest absolute Gasteiger partial charge is 0.372 e. The minimum atomic E-state index is -4.86. The second-order valence-electron chi connectivity index (χ2n) is 3.81. The molecule has 0 bridgehead atoms. The first-order chi connectivity index (χ1) is 8.38. The lowest BCUT2D eigenvalue weighted by Crippen LogP contribution is -2.32. The lowest BCUT2D eigenvalue weighted by atomic mass is 10.1. The highest BCUT2D eigenvalue weighted by Gasteiger charge is 2.45. The van der Waals surface area contributed by atoms with Gasteiger partial charge >= 0.3 is 5.25 Å². The van der Waals surface area contributed by atoms with E-state index in [0.717, 1.165) is 11.5 Å². The van der Waals surface area contributed by atoms with E-state index in [0.29, 0.717) is 5.39 Å². The molecule has 0 radical (unpaired) electrons. The van der Waals surface area contributed by atoms with E-state index >= 15 is 0 Å². The van der Waals surface area contributed by atoms with Gasteiger partial charge in [-0.3, -0.25) is 0 Å². The number of hydrogen-bond acceptors (Lipinski definition) is 3. The van der Waals surface area contributed by atoms with Gasteiger partial charge in [0, 0.05) is 0 Å². The van der Waals surface area contributed by atoms with E-state index in [9.17, 15) is 17.2 Å². The summed E-state index contributed by atoms with van der Waals surface area (Å²) in [6.07, 6.45) is 0. The van der Waals surface area contributed by atoms with Gasteiger partial charge in [-0.1, -0.05) is 30.3 Å². The summed E-state index contributed by atoms with van der Waals surface area (Å²) in [6.45, 7) is -1.73. The van der Waals surface area contributed by atoms with E-state index in [1.54, 1.807) is 24.3 Å². The minimum absolute atomic E-state index is 0.500. The summed E-state index contributed by atoms with van der Waals surface area (Å²) in [4.78, 5) is -0.500. The average molecular weight is 272 g/mol. The molecule has 0 saturated carbocycles. The number of halogens is 2. The minimum Gasteiger partial charge on any atom is -0.389 e. The number of sulfone groups is 1. The van der Waals surface area contributed by atoms with Crippen LogP contribution in [0.3, 0.4) is 0 Å². The summed E-state index contributed by atoms with van der Waals surface area (Å²) in [5.74, 6) is 0. The van der Waals surface area contributed by atoms with Crippen LogP contribution in [0.2, 0.25) is 0 Å². The molecule has 0 aliphatic rings. The molecule has 0 aliphatic carbocycles. The molecular weight excluding hydrogens is 262 g/mol.